The zero-order valence-corrected chi connectivity index (χ0v) is 13.5. The van der Waals surface area contributed by atoms with E-state index >= 15 is 0 Å². The molecule has 0 saturated heterocycles. The maximum atomic E-state index is 13.1. The van der Waals surface area contributed by atoms with Gasteiger partial charge < -0.3 is 0 Å². The second-order valence-corrected chi connectivity index (χ2v) is 6.09. The first-order chi connectivity index (χ1) is 8.97. The third-order valence-electron chi connectivity index (χ3n) is 2.59. The molecule has 2 aromatic rings. The lowest BCUT2D eigenvalue weighted by atomic mass is 10.0. The Bertz CT molecular complexity index is 643. The van der Waals surface area contributed by atoms with Gasteiger partial charge in [0.25, 0.3) is 0 Å². The van der Waals surface area contributed by atoms with Gasteiger partial charge in [-0.1, -0.05) is 17.7 Å². The van der Waals surface area contributed by atoms with E-state index < -0.39 is 0 Å². The smallest absolute Gasteiger partial charge is 0.167 e. The molecule has 0 atom stereocenters. The van der Waals surface area contributed by atoms with E-state index in [1.165, 1.54) is 6.07 Å². The van der Waals surface area contributed by atoms with Crippen molar-refractivity contribution in [2.45, 2.75) is 6.42 Å². The molecule has 0 saturated carbocycles. The van der Waals surface area contributed by atoms with Gasteiger partial charge in [0.15, 0.2) is 5.78 Å². The Morgan fingerprint density at radius 2 is 1.84 bits per heavy atom. The molecule has 0 aliphatic rings. The standard InChI is InChI=1S/C14H8Br2ClFO/c15-10-7-9(2-3-12(10)17)14(19)6-8-1-4-13(18)11(16)5-8/h1-5,7H,6H2. The molecule has 0 aliphatic carbocycles. The number of hydrogen-bond donors (Lipinski definition) is 0. The van der Waals surface area contributed by atoms with Crippen LogP contribution >= 0.6 is 43.5 Å². The molecular formula is C14H8Br2ClFO. The van der Waals surface area contributed by atoms with Crippen LogP contribution < -0.4 is 0 Å². The number of carbonyl (C=O) groups excluding carboxylic acids is 1. The van der Waals surface area contributed by atoms with Gasteiger partial charge >= 0.3 is 0 Å². The van der Waals surface area contributed by atoms with E-state index in [1.54, 1.807) is 30.3 Å². The fraction of sp³-hybridized carbons (Fsp3) is 0.0714. The number of ketones is 1. The summed E-state index contributed by atoms with van der Waals surface area (Å²) in [6.07, 6.45) is 0.215. The lowest BCUT2D eigenvalue weighted by Crippen LogP contribution is -2.03. The molecule has 0 radical (unpaired) electrons. The predicted octanol–water partition coefficient (Wildman–Crippen LogP) is 5.43. The highest BCUT2D eigenvalue weighted by molar-refractivity contribution is 9.10. The summed E-state index contributed by atoms with van der Waals surface area (Å²) in [5.74, 6) is -0.388. The highest BCUT2D eigenvalue weighted by Gasteiger charge is 2.10. The number of rotatable bonds is 3. The van der Waals surface area contributed by atoms with E-state index in [-0.39, 0.29) is 18.0 Å². The van der Waals surface area contributed by atoms with Crippen molar-refractivity contribution in [3.8, 4) is 0 Å². The van der Waals surface area contributed by atoms with Crippen LogP contribution in [0.15, 0.2) is 45.3 Å². The fourth-order valence-corrected chi connectivity index (χ4v) is 2.53. The molecule has 0 amide bonds. The van der Waals surface area contributed by atoms with Crippen molar-refractivity contribution < 1.29 is 9.18 Å². The molecule has 2 aromatic carbocycles. The number of benzene rings is 2. The van der Waals surface area contributed by atoms with E-state index in [4.69, 9.17) is 11.6 Å². The summed E-state index contributed by atoms with van der Waals surface area (Å²) in [4.78, 5) is 12.1. The number of Topliss-reactive ketones (excluding diaryl/α,β-unsaturated/α-hetero) is 1. The fourth-order valence-electron chi connectivity index (χ4n) is 1.61. The summed E-state index contributed by atoms with van der Waals surface area (Å²) in [6, 6.07) is 9.57. The van der Waals surface area contributed by atoms with Crippen LogP contribution in [0.25, 0.3) is 0 Å². The zero-order chi connectivity index (χ0) is 14.0. The summed E-state index contributed by atoms with van der Waals surface area (Å²) in [5.41, 5.74) is 1.32. The monoisotopic (exact) mass is 404 g/mol. The van der Waals surface area contributed by atoms with E-state index in [0.717, 1.165) is 5.56 Å². The molecule has 1 nitrogen and oxygen atoms in total. The van der Waals surface area contributed by atoms with E-state index in [9.17, 15) is 9.18 Å². The third-order valence-corrected chi connectivity index (χ3v) is 4.41. The molecule has 0 bridgehead atoms. The summed E-state index contributed by atoms with van der Waals surface area (Å²) in [5, 5.41) is 0.557. The van der Waals surface area contributed by atoms with Gasteiger partial charge in [0.2, 0.25) is 0 Å². The van der Waals surface area contributed by atoms with Gasteiger partial charge in [-0.15, -0.1) is 0 Å². The highest BCUT2D eigenvalue weighted by atomic mass is 79.9. The molecule has 5 heteroatoms. The SMILES string of the molecule is O=C(Cc1ccc(F)c(Br)c1)c1ccc(Cl)c(Br)c1. The Kier molecular flexibility index (Phi) is 4.76. The Morgan fingerprint density at radius 1 is 1.11 bits per heavy atom. The van der Waals surface area contributed by atoms with Crippen LogP contribution in [0.5, 0.6) is 0 Å². The first-order valence-corrected chi connectivity index (χ1v) is 7.36. The predicted molar refractivity (Wildman–Crippen MR) is 81.3 cm³/mol. The minimum atomic E-state index is -0.342. The molecule has 0 unspecified atom stereocenters. The summed E-state index contributed by atoms with van der Waals surface area (Å²) >= 11 is 12.3. The van der Waals surface area contributed by atoms with Gasteiger partial charge in [-0.2, -0.15) is 0 Å². The van der Waals surface area contributed by atoms with Crippen LogP contribution in [0.2, 0.25) is 5.02 Å². The molecule has 0 aliphatic heterocycles. The number of halogens is 4. The summed E-state index contributed by atoms with van der Waals surface area (Å²) < 4.78 is 14.1. The van der Waals surface area contributed by atoms with Gasteiger partial charge in [-0.25, -0.2) is 4.39 Å². The molecule has 19 heavy (non-hydrogen) atoms. The van der Waals surface area contributed by atoms with Crippen molar-refractivity contribution in [1.82, 2.24) is 0 Å². The van der Waals surface area contributed by atoms with Gasteiger partial charge in [0, 0.05) is 16.5 Å². The molecule has 2 rings (SSSR count). The maximum Gasteiger partial charge on any atom is 0.167 e. The van der Waals surface area contributed by atoms with E-state index in [2.05, 4.69) is 31.9 Å². The lowest BCUT2D eigenvalue weighted by molar-refractivity contribution is 0.0993. The Labute approximate surface area is 132 Å². The normalized spacial score (nSPS) is 10.5. The topological polar surface area (TPSA) is 17.1 Å². The summed E-state index contributed by atoms with van der Waals surface area (Å²) in [6.45, 7) is 0. The first-order valence-electron chi connectivity index (χ1n) is 5.39. The lowest BCUT2D eigenvalue weighted by Gasteiger charge is -2.04. The Morgan fingerprint density at radius 3 is 2.47 bits per heavy atom. The van der Waals surface area contributed by atoms with Crippen LogP contribution in [0, 0.1) is 5.82 Å². The molecular weight excluding hydrogens is 398 g/mol. The maximum absolute atomic E-state index is 13.1. The van der Waals surface area contributed by atoms with Gasteiger partial charge in [-0.3, -0.25) is 4.79 Å². The number of hydrogen-bond acceptors (Lipinski definition) is 1. The third kappa shape index (κ3) is 3.65. The Balaban J connectivity index is 2.20. The highest BCUT2D eigenvalue weighted by Crippen LogP contribution is 2.24. The number of carbonyl (C=O) groups is 1. The second kappa shape index (κ2) is 6.16. The van der Waals surface area contributed by atoms with E-state index in [1.807, 2.05) is 0 Å². The van der Waals surface area contributed by atoms with Crippen molar-refractivity contribution in [2.24, 2.45) is 0 Å². The molecule has 0 aromatic heterocycles. The van der Waals surface area contributed by atoms with Gasteiger partial charge in [0.1, 0.15) is 5.82 Å². The van der Waals surface area contributed by atoms with Crippen molar-refractivity contribution >= 4 is 49.2 Å². The van der Waals surface area contributed by atoms with Crippen LogP contribution in [0.3, 0.4) is 0 Å². The first kappa shape index (κ1) is 14.7. The Hall–Kier alpha value is -0.710. The summed E-state index contributed by atoms with van der Waals surface area (Å²) in [7, 11) is 0. The van der Waals surface area contributed by atoms with Crippen LogP contribution in [-0.4, -0.2) is 5.78 Å². The minimum absolute atomic E-state index is 0.0455. The largest absolute Gasteiger partial charge is 0.294 e. The molecule has 0 N–H and O–H groups in total. The van der Waals surface area contributed by atoms with Crippen molar-refractivity contribution in [1.29, 1.82) is 0 Å². The van der Waals surface area contributed by atoms with E-state index in [0.29, 0.717) is 19.5 Å². The minimum Gasteiger partial charge on any atom is -0.294 e. The molecule has 98 valence electrons. The van der Waals surface area contributed by atoms with Crippen molar-refractivity contribution in [3.63, 3.8) is 0 Å². The van der Waals surface area contributed by atoms with Crippen molar-refractivity contribution in [3.05, 3.63) is 67.3 Å². The van der Waals surface area contributed by atoms with Crippen LogP contribution in [0.1, 0.15) is 15.9 Å². The second-order valence-electron chi connectivity index (χ2n) is 3.98. The molecule has 0 spiro atoms. The van der Waals surface area contributed by atoms with Crippen molar-refractivity contribution in [2.75, 3.05) is 0 Å². The van der Waals surface area contributed by atoms with Crippen LogP contribution in [-0.2, 0) is 6.42 Å². The zero-order valence-electron chi connectivity index (χ0n) is 9.59. The average Bonchev–Trinajstić information content (AvgIpc) is 2.37. The quantitative estimate of drug-likeness (QED) is 0.621. The van der Waals surface area contributed by atoms with Gasteiger partial charge in [-0.05, 0) is 67.8 Å². The molecule has 0 fully saturated rings. The van der Waals surface area contributed by atoms with Gasteiger partial charge in [0.05, 0.1) is 9.50 Å². The average molecular weight is 406 g/mol. The van der Waals surface area contributed by atoms with Crippen LogP contribution in [0.4, 0.5) is 4.39 Å². The molecule has 0 heterocycles.